The first-order valence-electron chi connectivity index (χ1n) is 11.2. The monoisotopic (exact) mass is 480 g/mol. The van der Waals surface area contributed by atoms with E-state index >= 15 is 0 Å². The van der Waals surface area contributed by atoms with E-state index in [0.717, 1.165) is 11.2 Å². The number of nitrogens with zero attached hydrogens (tertiary/aromatic N) is 5. The van der Waals surface area contributed by atoms with Crippen LogP contribution in [0.4, 0.5) is 5.82 Å². The summed E-state index contributed by atoms with van der Waals surface area (Å²) in [6.45, 7) is 4.44. The van der Waals surface area contributed by atoms with Crippen LogP contribution in [0, 0.1) is 0 Å². The second kappa shape index (κ2) is 9.78. The molecule has 10 heteroatoms. The maximum atomic E-state index is 12.8. The van der Waals surface area contributed by atoms with Gasteiger partial charge in [0.25, 0.3) is 0 Å². The molecule has 0 fully saturated rings. The lowest BCUT2D eigenvalue weighted by molar-refractivity contribution is -0.116. The molecule has 1 amide bonds. The Hall–Kier alpha value is -3.50. The number of amides is 1. The quantitative estimate of drug-likeness (QED) is 0.396. The second-order valence-corrected chi connectivity index (χ2v) is 9.79. The van der Waals surface area contributed by atoms with Crippen molar-refractivity contribution in [3.8, 4) is 5.69 Å². The van der Waals surface area contributed by atoms with Gasteiger partial charge in [0.1, 0.15) is 5.82 Å². The SMILES string of the molecule is CCN(CC)S(=O)(=O)c1ccc2c(c1)nc(CCC(=O)Nc1ccn(-c3ccccc3)n1)n2C. The molecule has 4 aromatic rings. The fraction of sp³-hybridized carbons (Fsp3) is 0.292. The molecule has 0 aliphatic carbocycles. The molecule has 0 atom stereocenters. The molecule has 2 aromatic heterocycles. The zero-order valence-electron chi connectivity index (χ0n) is 19.5. The highest BCUT2D eigenvalue weighted by molar-refractivity contribution is 7.89. The number of fused-ring (bicyclic) bond motifs is 1. The largest absolute Gasteiger partial charge is 0.331 e. The molecule has 0 bridgehead atoms. The first-order chi connectivity index (χ1) is 16.3. The van der Waals surface area contributed by atoms with Crippen LogP contribution in [0.1, 0.15) is 26.1 Å². The van der Waals surface area contributed by atoms with Crippen molar-refractivity contribution < 1.29 is 13.2 Å². The summed E-state index contributed by atoms with van der Waals surface area (Å²) >= 11 is 0. The highest BCUT2D eigenvalue weighted by atomic mass is 32.2. The van der Waals surface area contributed by atoms with Crippen LogP contribution < -0.4 is 5.32 Å². The number of anilines is 1. The molecule has 4 rings (SSSR count). The molecule has 0 aliphatic rings. The molecular formula is C24H28N6O3S. The van der Waals surface area contributed by atoms with Crippen molar-refractivity contribution in [1.82, 2.24) is 23.6 Å². The first kappa shape index (κ1) is 23.7. The Morgan fingerprint density at radius 3 is 2.50 bits per heavy atom. The molecule has 9 nitrogen and oxygen atoms in total. The van der Waals surface area contributed by atoms with Crippen molar-refractivity contribution in [1.29, 1.82) is 0 Å². The summed E-state index contributed by atoms with van der Waals surface area (Å²) in [5.74, 6) is 1.01. The van der Waals surface area contributed by atoms with Gasteiger partial charge in [-0.1, -0.05) is 32.0 Å². The van der Waals surface area contributed by atoms with Crippen LogP contribution >= 0.6 is 0 Å². The number of hydrogen-bond donors (Lipinski definition) is 1. The van der Waals surface area contributed by atoms with Gasteiger partial charge in [0.05, 0.1) is 21.6 Å². The van der Waals surface area contributed by atoms with E-state index in [1.807, 2.05) is 55.8 Å². The van der Waals surface area contributed by atoms with Gasteiger partial charge in [-0.2, -0.15) is 9.40 Å². The number of sulfonamides is 1. The third-order valence-electron chi connectivity index (χ3n) is 5.74. The van der Waals surface area contributed by atoms with E-state index in [0.29, 0.717) is 36.7 Å². The molecule has 0 radical (unpaired) electrons. The van der Waals surface area contributed by atoms with Crippen molar-refractivity contribution in [2.75, 3.05) is 18.4 Å². The number of carbonyl (C=O) groups excluding carboxylic acids is 1. The lowest BCUT2D eigenvalue weighted by Crippen LogP contribution is -2.30. The summed E-state index contributed by atoms with van der Waals surface area (Å²) in [6, 6.07) is 16.4. The average molecular weight is 481 g/mol. The summed E-state index contributed by atoms with van der Waals surface area (Å²) < 4.78 is 30.7. The minimum atomic E-state index is -3.56. The number of carbonyl (C=O) groups is 1. The van der Waals surface area contributed by atoms with Crippen LogP contribution in [0.2, 0.25) is 0 Å². The number of para-hydroxylation sites is 1. The number of benzene rings is 2. The molecule has 34 heavy (non-hydrogen) atoms. The first-order valence-corrected chi connectivity index (χ1v) is 12.6. The lowest BCUT2D eigenvalue weighted by atomic mass is 10.3. The van der Waals surface area contributed by atoms with Crippen molar-refractivity contribution in [3.63, 3.8) is 0 Å². The van der Waals surface area contributed by atoms with Crippen LogP contribution in [0.3, 0.4) is 0 Å². The normalized spacial score (nSPS) is 11.9. The van der Waals surface area contributed by atoms with Crippen LogP contribution in [0.25, 0.3) is 16.7 Å². The lowest BCUT2D eigenvalue weighted by Gasteiger charge is -2.18. The van der Waals surface area contributed by atoms with Crippen LogP contribution in [-0.4, -0.2) is 51.1 Å². The van der Waals surface area contributed by atoms with Gasteiger partial charge in [0.2, 0.25) is 15.9 Å². The van der Waals surface area contributed by atoms with Crippen LogP contribution in [0.5, 0.6) is 0 Å². The van der Waals surface area contributed by atoms with E-state index < -0.39 is 10.0 Å². The predicted octanol–water partition coefficient (Wildman–Crippen LogP) is 3.36. The standard InChI is InChI=1S/C24H28N6O3S/c1-4-29(5-2)34(32,33)19-11-12-21-20(17-19)25-23(28(21)3)13-14-24(31)26-22-15-16-30(27-22)18-9-7-6-8-10-18/h6-12,15-17H,4-5,13-14H2,1-3H3,(H,26,27,31). The zero-order valence-corrected chi connectivity index (χ0v) is 20.3. The number of aryl methyl sites for hydroxylation is 2. The van der Waals surface area contributed by atoms with Crippen LogP contribution in [0.15, 0.2) is 65.7 Å². The minimum Gasteiger partial charge on any atom is -0.331 e. The Labute approximate surface area is 199 Å². The molecule has 178 valence electrons. The molecular weight excluding hydrogens is 452 g/mol. The van der Waals surface area contributed by atoms with Crippen molar-refractivity contribution >= 4 is 32.8 Å². The third kappa shape index (κ3) is 4.73. The van der Waals surface area contributed by atoms with Crippen molar-refractivity contribution in [3.05, 3.63) is 66.6 Å². The highest BCUT2D eigenvalue weighted by Gasteiger charge is 2.22. The smallest absolute Gasteiger partial charge is 0.243 e. The maximum Gasteiger partial charge on any atom is 0.243 e. The Morgan fingerprint density at radius 1 is 1.06 bits per heavy atom. The number of rotatable bonds is 9. The van der Waals surface area contributed by atoms with E-state index in [-0.39, 0.29) is 17.2 Å². The van der Waals surface area contributed by atoms with Gasteiger partial charge in [-0.15, -0.1) is 0 Å². The van der Waals surface area contributed by atoms with E-state index in [1.54, 1.807) is 35.1 Å². The Morgan fingerprint density at radius 2 is 1.79 bits per heavy atom. The molecule has 2 heterocycles. The fourth-order valence-electron chi connectivity index (χ4n) is 3.87. The summed E-state index contributed by atoms with van der Waals surface area (Å²) in [5.41, 5.74) is 2.31. The summed E-state index contributed by atoms with van der Waals surface area (Å²) in [4.78, 5) is 17.3. The summed E-state index contributed by atoms with van der Waals surface area (Å²) in [7, 11) is -1.70. The minimum absolute atomic E-state index is 0.171. The van der Waals surface area contributed by atoms with Gasteiger partial charge in [-0.25, -0.2) is 18.1 Å². The van der Waals surface area contributed by atoms with E-state index in [4.69, 9.17) is 0 Å². The van der Waals surface area contributed by atoms with Crippen molar-refractivity contribution in [2.45, 2.75) is 31.6 Å². The number of hydrogen-bond acceptors (Lipinski definition) is 5. The topological polar surface area (TPSA) is 102 Å². The Balaban J connectivity index is 1.45. The molecule has 0 spiro atoms. The Bertz CT molecular complexity index is 1410. The number of imidazole rings is 1. The Kier molecular flexibility index (Phi) is 6.80. The summed E-state index contributed by atoms with van der Waals surface area (Å²) in [5, 5.41) is 7.21. The average Bonchev–Trinajstić information content (AvgIpc) is 3.43. The van der Waals surface area contributed by atoms with E-state index in [1.165, 1.54) is 4.31 Å². The van der Waals surface area contributed by atoms with Gasteiger partial charge in [-0.3, -0.25) is 4.79 Å². The summed E-state index contributed by atoms with van der Waals surface area (Å²) in [6.07, 6.45) is 2.43. The van der Waals surface area contributed by atoms with Gasteiger partial charge >= 0.3 is 0 Å². The third-order valence-corrected chi connectivity index (χ3v) is 7.79. The highest BCUT2D eigenvalue weighted by Crippen LogP contribution is 2.23. The molecule has 0 saturated carbocycles. The van der Waals surface area contributed by atoms with Gasteiger partial charge in [0, 0.05) is 45.2 Å². The van der Waals surface area contributed by atoms with E-state index in [9.17, 15) is 13.2 Å². The molecule has 0 unspecified atom stereocenters. The molecule has 1 N–H and O–H groups in total. The fourth-order valence-corrected chi connectivity index (χ4v) is 5.35. The molecule has 0 saturated heterocycles. The zero-order chi connectivity index (χ0) is 24.3. The van der Waals surface area contributed by atoms with Gasteiger partial charge in [-0.05, 0) is 30.3 Å². The van der Waals surface area contributed by atoms with Gasteiger partial charge in [0.15, 0.2) is 5.82 Å². The maximum absolute atomic E-state index is 12.8. The molecule has 2 aromatic carbocycles. The second-order valence-electron chi connectivity index (χ2n) is 7.86. The van der Waals surface area contributed by atoms with Gasteiger partial charge < -0.3 is 9.88 Å². The predicted molar refractivity (Wildman–Crippen MR) is 131 cm³/mol. The molecule has 0 aliphatic heterocycles. The van der Waals surface area contributed by atoms with E-state index in [2.05, 4.69) is 15.4 Å². The number of nitrogens with one attached hydrogen (secondary N) is 1. The van der Waals surface area contributed by atoms with Crippen LogP contribution in [-0.2, 0) is 28.3 Å². The number of aromatic nitrogens is 4. The van der Waals surface area contributed by atoms with Crippen molar-refractivity contribution in [2.24, 2.45) is 7.05 Å².